The Bertz CT molecular complexity index is 4340. The third kappa shape index (κ3) is 8.57. The summed E-state index contributed by atoms with van der Waals surface area (Å²) in [4.78, 5) is 3.45. The molecule has 0 saturated heterocycles. The number of hydrogen-bond donors (Lipinski definition) is 0. The molecule has 0 fully saturated rings. The zero-order valence-corrected chi connectivity index (χ0v) is 41.0. The summed E-state index contributed by atoms with van der Waals surface area (Å²) in [6.45, 7) is 2.01. The molecule has 364 valence electrons. The molecule has 0 aliphatic carbocycles. The van der Waals surface area contributed by atoms with Crippen LogP contribution in [0.15, 0.2) is 218 Å². The zero-order valence-electron chi connectivity index (χ0n) is 41.0. The fraction of sp³-hybridized carbons (Fsp3) is 0.0147. The summed E-state index contributed by atoms with van der Waals surface area (Å²) >= 11 is 0. The van der Waals surface area contributed by atoms with E-state index >= 15 is 17.6 Å². The van der Waals surface area contributed by atoms with Crippen molar-refractivity contribution in [1.82, 2.24) is 0 Å². The number of rotatable bonds is 10. The molecule has 5 nitrogen and oxygen atoms in total. The van der Waals surface area contributed by atoms with Crippen LogP contribution in [0.2, 0.25) is 0 Å². The van der Waals surface area contributed by atoms with Crippen LogP contribution in [0, 0.1) is 64.2 Å². The van der Waals surface area contributed by atoms with Gasteiger partial charge in [-0.2, -0.15) is 15.8 Å². The average Bonchev–Trinajstić information content (AvgIpc) is 3.59. The van der Waals surface area contributed by atoms with Gasteiger partial charge in [-0.15, -0.1) is 0 Å². The highest BCUT2D eigenvalue weighted by Gasteiger charge is 2.27. The topological polar surface area (TPSA) is 77.8 Å². The summed E-state index contributed by atoms with van der Waals surface area (Å²) in [5.74, 6) is -4.17. The Kier molecular flexibility index (Phi) is 12.0. The number of nitrogens with zero attached hydrogens (tertiary/aromatic N) is 5. The molecule has 9 heteroatoms. The third-order valence-corrected chi connectivity index (χ3v) is 14.2. The summed E-state index contributed by atoms with van der Waals surface area (Å²) in [6.07, 6.45) is 0. The van der Waals surface area contributed by atoms with E-state index < -0.39 is 23.3 Å². The molecular formula is C68H39F4N5. The molecule has 0 spiro atoms. The maximum absolute atomic E-state index is 16.7. The Morgan fingerprint density at radius 2 is 0.649 bits per heavy atom. The number of aryl methyl sites for hydroxylation is 1. The highest BCUT2D eigenvalue weighted by Crippen LogP contribution is 2.50. The summed E-state index contributed by atoms with van der Waals surface area (Å²) in [5, 5.41) is 33.6. The number of anilines is 6. The maximum atomic E-state index is 16.7. The van der Waals surface area contributed by atoms with Gasteiger partial charge in [0.15, 0.2) is 23.3 Å². The van der Waals surface area contributed by atoms with Gasteiger partial charge in [0, 0.05) is 22.1 Å². The smallest absolute Gasteiger partial charge is 0.182 e. The second kappa shape index (κ2) is 19.4. The van der Waals surface area contributed by atoms with E-state index in [1.807, 2.05) is 153 Å². The zero-order chi connectivity index (χ0) is 52.9. The van der Waals surface area contributed by atoms with Crippen molar-refractivity contribution in [2.24, 2.45) is 0 Å². The fourth-order valence-electron chi connectivity index (χ4n) is 10.4. The molecule has 0 aromatic heterocycles. The third-order valence-electron chi connectivity index (χ3n) is 14.2. The van der Waals surface area contributed by atoms with E-state index in [1.54, 1.807) is 52.3 Å². The minimum Gasteiger partial charge on any atom is -0.307 e. The van der Waals surface area contributed by atoms with E-state index in [0.717, 1.165) is 83.7 Å². The Balaban J connectivity index is 1.12. The van der Waals surface area contributed by atoms with Gasteiger partial charge in [-0.25, -0.2) is 17.6 Å². The van der Waals surface area contributed by atoms with Gasteiger partial charge >= 0.3 is 0 Å². The molecule has 0 aliphatic rings. The Morgan fingerprint density at radius 1 is 0.325 bits per heavy atom. The highest BCUT2D eigenvalue weighted by atomic mass is 19.2. The number of nitriles is 3. The van der Waals surface area contributed by atoms with Gasteiger partial charge in [0.25, 0.3) is 0 Å². The standard InChI is InChI=1S/C68H39F4N5/c1-41-8-16-45(17-9-41)51-32-52(46-18-10-42(38-73)11-19-46)35-55(34-51)76(63-6-2-4-59(69)67(63)71)61-30-26-49-25-29-58-62(31-27-50-24-28-57(61)65(49)66(50)58)77(64-7-3-5-60(70)68(64)72)56-36-53(47-20-12-43(39-74)13-21-47)33-54(37-56)48-22-14-44(40-75)15-23-48/h2-37H,1H3. The summed E-state index contributed by atoms with van der Waals surface area (Å²) in [6, 6.07) is 71.6. The van der Waals surface area contributed by atoms with Crippen LogP contribution in [0.4, 0.5) is 51.7 Å². The predicted octanol–water partition coefficient (Wildman–Crippen LogP) is 18.7. The largest absolute Gasteiger partial charge is 0.307 e. The van der Waals surface area contributed by atoms with E-state index in [-0.39, 0.29) is 11.4 Å². The van der Waals surface area contributed by atoms with Crippen molar-refractivity contribution in [3.8, 4) is 62.7 Å². The van der Waals surface area contributed by atoms with Crippen LogP contribution in [0.1, 0.15) is 22.3 Å². The van der Waals surface area contributed by atoms with Crippen LogP contribution >= 0.6 is 0 Å². The molecule has 0 atom stereocenters. The van der Waals surface area contributed by atoms with Gasteiger partial charge in [0.1, 0.15) is 0 Å². The van der Waals surface area contributed by atoms with E-state index in [0.29, 0.717) is 50.2 Å². The number of benzene rings is 12. The second-order valence-corrected chi connectivity index (χ2v) is 18.9. The summed E-state index contributed by atoms with van der Waals surface area (Å²) in [5.41, 5.74) is 10.9. The van der Waals surface area contributed by atoms with E-state index in [2.05, 4.69) is 18.2 Å². The van der Waals surface area contributed by atoms with Crippen molar-refractivity contribution in [2.45, 2.75) is 6.92 Å². The van der Waals surface area contributed by atoms with Crippen molar-refractivity contribution >= 4 is 66.4 Å². The van der Waals surface area contributed by atoms with Gasteiger partial charge < -0.3 is 9.80 Å². The number of halogens is 4. The molecule has 0 amide bonds. The molecule has 0 radical (unpaired) electrons. The van der Waals surface area contributed by atoms with E-state index in [1.165, 1.54) is 18.2 Å². The maximum Gasteiger partial charge on any atom is 0.182 e. The lowest BCUT2D eigenvalue weighted by Crippen LogP contribution is -2.14. The van der Waals surface area contributed by atoms with Gasteiger partial charge in [-0.05, 0) is 182 Å². The van der Waals surface area contributed by atoms with Gasteiger partial charge in [0.05, 0.1) is 57.6 Å². The molecule has 77 heavy (non-hydrogen) atoms. The first-order valence-corrected chi connectivity index (χ1v) is 24.6. The van der Waals surface area contributed by atoms with Gasteiger partial charge in [-0.3, -0.25) is 0 Å². The molecule has 0 unspecified atom stereocenters. The monoisotopic (exact) mass is 1000 g/mol. The Labute approximate surface area is 441 Å². The van der Waals surface area contributed by atoms with Crippen LogP contribution < -0.4 is 9.80 Å². The quantitative estimate of drug-likeness (QED) is 0.101. The van der Waals surface area contributed by atoms with Crippen molar-refractivity contribution in [3.05, 3.63) is 264 Å². The molecule has 0 aliphatic heterocycles. The molecule has 12 rings (SSSR count). The summed E-state index contributed by atoms with van der Waals surface area (Å²) in [7, 11) is 0. The molecule has 12 aromatic rings. The average molecular weight is 1000 g/mol. The Hall–Kier alpha value is -10.5. The van der Waals surface area contributed by atoms with Crippen LogP contribution in [0.5, 0.6) is 0 Å². The van der Waals surface area contributed by atoms with Crippen molar-refractivity contribution in [3.63, 3.8) is 0 Å². The highest BCUT2D eigenvalue weighted by molar-refractivity contribution is 6.28. The normalized spacial score (nSPS) is 11.1. The SMILES string of the molecule is Cc1ccc(-c2cc(-c3ccc(C#N)cc3)cc(N(c3cccc(F)c3F)c3ccc4ccc5c(N(c6cc(-c7ccc(C#N)cc7)cc(-c7ccc(C#N)cc7)c6)c6cccc(F)c6F)ccc6ccc3c4c65)c2)cc1. The fourth-order valence-corrected chi connectivity index (χ4v) is 10.4. The van der Waals surface area contributed by atoms with Gasteiger partial charge in [-0.1, -0.05) is 115 Å². The molecular weight excluding hydrogens is 963 g/mol. The van der Waals surface area contributed by atoms with Crippen LogP contribution in [0.25, 0.3) is 76.8 Å². The van der Waals surface area contributed by atoms with Crippen molar-refractivity contribution < 1.29 is 17.6 Å². The first kappa shape index (κ1) is 47.5. The number of hydrogen-bond acceptors (Lipinski definition) is 5. The lowest BCUT2D eigenvalue weighted by Gasteiger charge is -2.30. The van der Waals surface area contributed by atoms with Gasteiger partial charge in [0.2, 0.25) is 0 Å². The molecule has 12 aromatic carbocycles. The predicted molar refractivity (Wildman–Crippen MR) is 300 cm³/mol. The van der Waals surface area contributed by atoms with Crippen LogP contribution in [-0.4, -0.2) is 0 Å². The van der Waals surface area contributed by atoms with Crippen molar-refractivity contribution in [2.75, 3.05) is 9.80 Å². The molecule has 0 heterocycles. The lowest BCUT2D eigenvalue weighted by molar-refractivity contribution is 0.510. The molecule has 0 saturated carbocycles. The summed E-state index contributed by atoms with van der Waals surface area (Å²) < 4.78 is 64.8. The van der Waals surface area contributed by atoms with Crippen molar-refractivity contribution in [1.29, 1.82) is 15.8 Å². The van der Waals surface area contributed by atoms with E-state index in [4.69, 9.17) is 0 Å². The second-order valence-electron chi connectivity index (χ2n) is 18.9. The minimum atomic E-state index is -1.06. The molecule has 0 N–H and O–H groups in total. The minimum absolute atomic E-state index is 0.0273. The first-order chi connectivity index (χ1) is 37.6. The Morgan fingerprint density at radius 3 is 0.987 bits per heavy atom. The first-order valence-electron chi connectivity index (χ1n) is 24.6. The van der Waals surface area contributed by atoms with Crippen LogP contribution in [-0.2, 0) is 0 Å². The molecule has 0 bridgehead atoms. The lowest BCUT2D eigenvalue weighted by atomic mass is 9.91. The van der Waals surface area contributed by atoms with Crippen LogP contribution in [0.3, 0.4) is 0 Å². The van der Waals surface area contributed by atoms with E-state index in [9.17, 15) is 15.8 Å².